The Morgan fingerprint density at radius 1 is 1.11 bits per heavy atom. The SMILES string of the molecule is O=C(O)C1(C2CCN(CC3CCC3)CC2)CCC1. The van der Waals surface area contributed by atoms with Crippen LogP contribution in [0.1, 0.15) is 51.4 Å². The minimum Gasteiger partial charge on any atom is -0.481 e. The van der Waals surface area contributed by atoms with E-state index in [1.165, 1.54) is 25.8 Å². The summed E-state index contributed by atoms with van der Waals surface area (Å²) in [5.74, 6) is 0.867. The topological polar surface area (TPSA) is 40.5 Å². The van der Waals surface area contributed by atoms with Crippen LogP contribution in [0.3, 0.4) is 0 Å². The van der Waals surface area contributed by atoms with Crippen LogP contribution in [0.5, 0.6) is 0 Å². The van der Waals surface area contributed by atoms with Crippen molar-refractivity contribution in [2.45, 2.75) is 51.4 Å². The number of carboxylic acids is 1. The second-order valence-corrected chi connectivity index (χ2v) is 6.69. The molecule has 102 valence electrons. The van der Waals surface area contributed by atoms with Gasteiger partial charge < -0.3 is 10.0 Å². The number of carbonyl (C=O) groups is 1. The van der Waals surface area contributed by atoms with E-state index in [9.17, 15) is 9.90 Å². The molecule has 3 nitrogen and oxygen atoms in total. The number of nitrogens with zero attached hydrogens (tertiary/aromatic N) is 1. The molecule has 1 heterocycles. The molecule has 0 bridgehead atoms. The van der Waals surface area contributed by atoms with Gasteiger partial charge in [0.2, 0.25) is 0 Å². The second-order valence-electron chi connectivity index (χ2n) is 6.69. The molecule has 0 aromatic carbocycles. The lowest BCUT2D eigenvalue weighted by atomic mass is 9.58. The highest BCUT2D eigenvalue weighted by molar-refractivity contribution is 5.76. The first-order chi connectivity index (χ1) is 8.71. The molecule has 0 amide bonds. The zero-order valence-electron chi connectivity index (χ0n) is 11.2. The summed E-state index contributed by atoms with van der Waals surface area (Å²) < 4.78 is 0. The Labute approximate surface area is 110 Å². The Kier molecular flexibility index (Phi) is 3.35. The van der Waals surface area contributed by atoms with E-state index in [1.54, 1.807) is 0 Å². The van der Waals surface area contributed by atoms with Crippen LogP contribution in [0.2, 0.25) is 0 Å². The van der Waals surface area contributed by atoms with Crippen LogP contribution in [-0.4, -0.2) is 35.6 Å². The summed E-state index contributed by atoms with van der Waals surface area (Å²) in [4.78, 5) is 14.1. The molecule has 0 aromatic rings. The Morgan fingerprint density at radius 2 is 1.78 bits per heavy atom. The van der Waals surface area contributed by atoms with E-state index in [0.717, 1.165) is 51.1 Å². The van der Waals surface area contributed by atoms with Gasteiger partial charge in [-0.2, -0.15) is 0 Å². The number of hydrogen-bond donors (Lipinski definition) is 1. The highest BCUT2D eigenvalue weighted by atomic mass is 16.4. The van der Waals surface area contributed by atoms with Crippen LogP contribution in [0, 0.1) is 17.3 Å². The maximum atomic E-state index is 11.5. The molecule has 2 saturated carbocycles. The van der Waals surface area contributed by atoms with Crippen molar-refractivity contribution in [1.29, 1.82) is 0 Å². The molecular formula is C15H25NO2. The Balaban J connectivity index is 1.51. The highest BCUT2D eigenvalue weighted by Crippen LogP contribution is 2.51. The van der Waals surface area contributed by atoms with Gasteiger partial charge in [0, 0.05) is 6.54 Å². The van der Waals surface area contributed by atoms with Crippen LogP contribution in [0.25, 0.3) is 0 Å². The molecule has 3 rings (SSSR count). The molecule has 0 aromatic heterocycles. The first-order valence-electron chi connectivity index (χ1n) is 7.66. The van der Waals surface area contributed by atoms with Gasteiger partial charge in [0.05, 0.1) is 5.41 Å². The number of piperidine rings is 1. The van der Waals surface area contributed by atoms with Gasteiger partial charge >= 0.3 is 5.97 Å². The predicted octanol–water partition coefficient (Wildman–Crippen LogP) is 2.75. The quantitative estimate of drug-likeness (QED) is 0.835. The molecule has 2 aliphatic carbocycles. The largest absolute Gasteiger partial charge is 0.481 e. The third-order valence-electron chi connectivity index (χ3n) is 5.78. The zero-order chi connectivity index (χ0) is 12.6. The van der Waals surface area contributed by atoms with E-state index in [1.807, 2.05) is 0 Å². The van der Waals surface area contributed by atoms with Gasteiger partial charge in [-0.25, -0.2) is 0 Å². The minimum absolute atomic E-state index is 0.331. The molecular weight excluding hydrogens is 226 g/mol. The zero-order valence-corrected chi connectivity index (χ0v) is 11.2. The number of likely N-dealkylation sites (tertiary alicyclic amines) is 1. The van der Waals surface area contributed by atoms with Crippen LogP contribution < -0.4 is 0 Å². The maximum Gasteiger partial charge on any atom is 0.309 e. The van der Waals surface area contributed by atoms with Gasteiger partial charge in [0.25, 0.3) is 0 Å². The molecule has 1 aliphatic heterocycles. The van der Waals surface area contributed by atoms with Gasteiger partial charge in [0.1, 0.15) is 0 Å². The molecule has 0 radical (unpaired) electrons. The fourth-order valence-electron chi connectivity index (χ4n) is 4.06. The third-order valence-corrected chi connectivity index (χ3v) is 5.78. The summed E-state index contributed by atoms with van der Waals surface area (Å²) in [6.07, 6.45) is 9.44. The number of carboxylic acid groups (broad SMARTS) is 1. The van der Waals surface area contributed by atoms with Gasteiger partial charge in [-0.05, 0) is 63.5 Å². The smallest absolute Gasteiger partial charge is 0.309 e. The lowest BCUT2D eigenvalue weighted by Crippen LogP contribution is -2.49. The van der Waals surface area contributed by atoms with Crippen LogP contribution >= 0.6 is 0 Å². The molecule has 0 unspecified atom stereocenters. The molecule has 1 saturated heterocycles. The van der Waals surface area contributed by atoms with Gasteiger partial charge in [-0.3, -0.25) is 4.79 Å². The number of aliphatic carboxylic acids is 1. The normalized spacial score (nSPS) is 29.6. The average molecular weight is 251 g/mol. The second kappa shape index (κ2) is 4.84. The van der Waals surface area contributed by atoms with Crippen molar-refractivity contribution in [3.63, 3.8) is 0 Å². The predicted molar refractivity (Wildman–Crippen MR) is 70.4 cm³/mol. The van der Waals surface area contributed by atoms with E-state index in [0.29, 0.717) is 5.92 Å². The molecule has 3 fully saturated rings. The van der Waals surface area contributed by atoms with Crippen molar-refractivity contribution in [3.8, 4) is 0 Å². The van der Waals surface area contributed by atoms with Crippen molar-refractivity contribution in [2.24, 2.45) is 17.3 Å². The van der Waals surface area contributed by atoms with Crippen LogP contribution in [0.4, 0.5) is 0 Å². The number of hydrogen-bond acceptors (Lipinski definition) is 2. The highest BCUT2D eigenvalue weighted by Gasteiger charge is 2.50. The first kappa shape index (κ1) is 12.5. The molecule has 0 spiro atoms. The standard InChI is InChI=1S/C15H25NO2/c17-14(18)15(7-2-8-15)13-5-9-16(10-6-13)11-12-3-1-4-12/h12-13H,1-11H2,(H,17,18). The Hall–Kier alpha value is -0.570. The van der Waals surface area contributed by atoms with E-state index in [2.05, 4.69) is 4.90 Å². The molecule has 0 atom stereocenters. The summed E-state index contributed by atoms with van der Waals surface area (Å²) in [5, 5.41) is 9.48. The maximum absolute atomic E-state index is 11.5. The summed E-state index contributed by atoms with van der Waals surface area (Å²) in [6.45, 7) is 3.54. The van der Waals surface area contributed by atoms with E-state index < -0.39 is 5.97 Å². The van der Waals surface area contributed by atoms with Gasteiger partial charge in [-0.1, -0.05) is 12.8 Å². The van der Waals surface area contributed by atoms with E-state index >= 15 is 0 Å². The molecule has 18 heavy (non-hydrogen) atoms. The van der Waals surface area contributed by atoms with Crippen molar-refractivity contribution in [2.75, 3.05) is 19.6 Å². The fourth-order valence-corrected chi connectivity index (χ4v) is 4.06. The summed E-state index contributed by atoms with van der Waals surface area (Å²) in [6, 6.07) is 0. The van der Waals surface area contributed by atoms with E-state index in [4.69, 9.17) is 0 Å². The van der Waals surface area contributed by atoms with Crippen molar-refractivity contribution >= 4 is 5.97 Å². The van der Waals surface area contributed by atoms with Gasteiger partial charge in [0.15, 0.2) is 0 Å². The van der Waals surface area contributed by atoms with Crippen LogP contribution in [-0.2, 0) is 4.79 Å². The van der Waals surface area contributed by atoms with E-state index in [-0.39, 0.29) is 5.41 Å². The van der Waals surface area contributed by atoms with Gasteiger partial charge in [-0.15, -0.1) is 0 Å². The number of rotatable bonds is 4. The monoisotopic (exact) mass is 251 g/mol. The summed E-state index contributed by atoms with van der Waals surface area (Å²) in [5.41, 5.74) is -0.331. The summed E-state index contributed by atoms with van der Waals surface area (Å²) in [7, 11) is 0. The van der Waals surface area contributed by atoms with Crippen molar-refractivity contribution in [3.05, 3.63) is 0 Å². The first-order valence-corrected chi connectivity index (χ1v) is 7.66. The third kappa shape index (κ3) is 2.07. The molecule has 3 heteroatoms. The average Bonchev–Trinajstić information content (AvgIpc) is 2.23. The minimum atomic E-state index is -0.522. The Bertz CT molecular complexity index is 312. The lowest BCUT2D eigenvalue weighted by molar-refractivity contribution is -0.161. The Morgan fingerprint density at radius 3 is 2.17 bits per heavy atom. The molecule has 1 N–H and O–H groups in total. The fraction of sp³-hybridized carbons (Fsp3) is 0.933. The lowest BCUT2D eigenvalue weighted by Gasteiger charge is -2.48. The molecule has 3 aliphatic rings. The summed E-state index contributed by atoms with van der Waals surface area (Å²) >= 11 is 0. The van der Waals surface area contributed by atoms with Crippen molar-refractivity contribution in [1.82, 2.24) is 4.90 Å². The van der Waals surface area contributed by atoms with Crippen molar-refractivity contribution < 1.29 is 9.90 Å². The van der Waals surface area contributed by atoms with Crippen LogP contribution in [0.15, 0.2) is 0 Å².